The minimum atomic E-state index is -1.66. The number of carbonyl (C=O) groups is 1. The topological polar surface area (TPSA) is 80.6 Å². The van der Waals surface area contributed by atoms with Gasteiger partial charge >= 0.3 is 6.16 Å². The Bertz CT molecular complexity index is 1570. The lowest BCUT2D eigenvalue weighted by Crippen LogP contribution is -2.60. The number of fused-ring (bicyclic) bond motifs is 3. The van der Waals surface area contributed by atoms with E-state index in [1.807, 2.05) is 30.3 Å². The van der Waals surface area contributed by atoms with Gasteiger partial charge in [0, 0.05) is 30.3 Å². The molecule has 6 rings (SSSR count). The Morgan fingerprint density at radius 1 is 1.11 bits per heavy atom. The number of rotatable bonds is 5. The van der Waals surface area contributed by atoms with Crippen LogP contribution in [0, 0.1) is 11.6 Å². The fourth-order valence-corrected chi connectivity index (χ4v) is 5.97. The standard InChI is InChI=1S/C28H23F2N3O4/c29-18-6-8-20(9-7-18)32-14-26(37-28(35)36)27(34)22-11-23(30)25(12-24(22)32)33(15-17-4-2-1-3-5-17)16-19-10-21(33)13-31-19/h1-9,11-12,14,19,21,31H,10,13,15-16H2/p+1. The maximum atomic E-state index is 16.0. The number of benzene rings is 3. The predicted molar refractivity (Wildman–Crippen MR) is 135 cm³/mol. The number of nitrogens with zero attached hydrogens (tertiary/aromatic N) is 2. The molecule has 9 heteroatoms. The zero-order chi connectivity index (χ0) is 25.7. The second-order valence-corrected chi connectivity index (χ2v) is 9.71. The number of pyridine rings is 1. The molecule has 3 heterocycles. The Kier molecular flexibility index (Phi) is 5.54. The molecule has 2 saturated heterocycles. The van der Waals surface area contributed by atoms with Crippen LogP contribution >= 0.6 is 0 Å². The van der Waals surface area contributed by atoms with Crippen molar-refractivity contribution >= 4 is 22.7 Å². The first kappa shape index (κ1) is 23.3. The van der Waals surface area contributed by atoms with Crippen LogP contribution in [0.4, 0.5) is 19.3 Å². The van der Waals surface area contributed by atoms with Crippen molar-refractivity contribution in [3.8, 4) is 11.4 Å². The molecule has 2 bridgehead atoms. The number of carboxylic acid groups (broad SMARTS) is 1. The molecule has 0 aliphatic carbocycles. The van der Waals surface area contributed by atoms with Gasteiger partial charge < -0.3 is 19.7 Å². The van der Waals surface area contributed by atoms with Crippen LogP contribution in [-0.4, -0.2) is 41.0 Å². The quantitative estimate of drug-likeness (QED) is 0.307. The Balaban J connectivity index is 1.60. The van der Waals surface area contributed by atoms with Crippen LogP contribution in [0.25, 0.3) is 16.6 Å². The predicted octanol–water partition coefficient (Wildman–Crippen LogP) is 4.58. The first-order chi connectivity index (χ1) is 17.8. The summed E-state index contributed by atoms with van der Waals surface area (Å²) in [5.74, 6) is -1.45. The number of ether oxygens (including phenoxy) is 1. The Morgan fingerprint density at radius 3 is 2.51 bits per heavy atom. The lowest BCUT2D eigenvalue weighted by atomic mass is 10.1. The van der Waals surface area contributed by atoms with Crippen LogP contribution in [0.3, 0.4) is 0 Å². The van der Waals surface area contributed by atoms with Crippen LogP contribution in [0.2, 0.25) is 0 Å². The third-order valence-electron chi connectivity index (χ3n) is 7.57. The number of likely N-dealkylation sites (tertiary alicyclic amines) is 1. The third kappa shape index (κ3) is 3.96. The molecule has 0 saturated carbocycles. The summed E-state index contributed by atoms with van der Waals surface area (Å²) >= 11 is 0. The van der Waals surface area contributed by atoms with E-state index in [0.29, 0.717) is 34.5 Å². The zero-order valence-electron chi connectivity index (χ0n) is 19.7. The maximum absolute atomic E-state index is 16.0. The van der Waals surface area contributed by atoms with Gasteiger partial charge in [0.05, 0.1) is 29.7 Å². The van der Waals surface area contributed by atoms with Crippen molar-refractivity contribution in [1.29, 1.82) is 0 Å². The number of halogens is 2. The van der Waals surface area contributed by atoms with Crippen molar-refractivity contribution in [3.63, 3.8) is 0 Å². The molecule has 0 amide bonds. The van der Waals surface area contributed by atoms with Gasteiger partial charge in [-0.2, -0.15) is 0 Å². The highest BCUT2D eigenvalue weighted by atomic mass is 19.1. The lowest BCUT2D eigenvalue weighted by Gasteiger charge is -2.42. The molecule has 37 heavy (non-hydrogen) atoms. The third-order valence-corrected chi connectivity index (χ3v) is 7.57. The molecule has 2 aliphatic heterocycles. The Hall–Kier alpha value is -4.08. The van der Waals surface area contributed by atoms with Crippen molar-refractivity contribution < 1.29 is 23.4 Å². The molecule has 3 unspecified atom stereocenters. The molecule has 188 valence electrons. The first-order valence-corrected chi connectivity index (χ1v) is 12.0. The number of hydrogen-bond donors (Lipinski definition) is 2. The average molecular weight is 505 g/mol. The molecule has 3 atom stereocenters. The summed E-state index contributed by atoms with van der Waals surface area (Å²) < 4.78 is 36.4. The molecule has 2 N–H and O–H groups in total. The highest BCUT2D eigenvalue weighted by Crippen LogP contribution is 2.42. The van der Waals surface area contributed by atoms with E-state index in [0.717, 1.165) is 18.5 Å². The van der Waals surface area contributed by atoms with Crippen LogP contribution in [0.5, 0.6) is 5.75 Å². The van der Waals surface area contributed by atoms with Crippen molar-refractivity contribution in [2.45, 2.75) is 25.0 Å². The molecule has 2 aliphatic rings. The molecule has 7 nitrogen and oxygen atoms in total. The first-order valence-electron chi connectivity index (χ1n) is 12.0. The summed E-state index contributed by atoms with van der Waals surface area (Å²) in [6, 6.07) is 18.7. The second-order valence-electron chi connectivity index (χ2n) is 9.71. The van der Waals surface area contributed by atoms with E-state index < -0.39 is 29.0 Å². The van der Waals surface area contributed by atoms with Gasteiger partial charge in [-0.3, -0.25) is 9.28 Å². The summed E-state index contributed by atoms with van der Waals surface area (Å²) in [4.78, 5) is 24.4. The Morgan fingerprint density at radius 2 is 1.86 bits per heavy atom. The van der Waals surface area contributed by atoms with Crippen LogP contribution in [0.15, 0.2) is 77.7 Å². The second kappa shape index (κ2) is 8.79. The van der Waals surface area contributed by atoms with Crippen LogP contribution in [-0.2, 0) is 6.54 Å². The molecule has 0 spiro atoms. The summed E-state index contributed by atoms with van der Waals surface area (Å²) in [7, 11) is 0. The van der Waals surface area contributed by atoms with E-state index in [2.05, 4.69) is 5.32 Å². The largest absolute Gasteiger partial charge is 0.511 e. The van der Waals surface area contributed by atoms with Crippen LogP contribution in [0.1, 0.15) is 12.0 Å². The van der Waals surface area contributed by atoms with Gasteiger partial charge in [-0.1, -0.05) is 30.3 Å². The van der Waals surface area contributed by atoms with Gasteiger partial charge in [-0.15, -0.1) is 0 Å². The molecule has 2 fully saturated rings. The summed E-state index contributed by atoms with van der Waals surface area (Å²) in [5, 5.41) is 12.6. The molecular weight excluding hydrogens is 480 g/mol. The van der Waals surface area contributed by atoms with Crippen molar-refractivity contribution in [2.24, 2.45) is 0 Å². The highest BCUT2D eigenvalue weighted by Gasteiger charge is 2.53. The summed E-state index contributed by atoms with van der Waals surface area (Å²) in [6.45, 7) is 2.04. The summed E-state index contributed by atoms with van der Waals surface area (Å²) in [5.41, 5.74) is 1.66. The number of quaternary nitrogens is 1. The molecule has 4 aromatic rings. The van der Waals surface area contributed by atoms with Gasteiger partial charge in [-0.25, -0.2) is 13.6 Å². The molecule has 0 radical (unpaired) electrons. The normalized spacial score (nSPS) is 22.4. The SMILES string of the molecule is O=C(O)Oc1cn(-c2ccc(F)cc2)c2cc([N+]3(Cc4ccccc4)CC4CC3CN4)c(F)cc2c1=O. The van der Waals surface area contributed by atoms with Gasteiger partial charge in [0.2, 0.25) is 5.43 Å². The molecule has 1 aromatic heterocycles. The molecular formula is C28H24F2N3O4+. The van der Waals surface area contributed by atoms with Crippen molar-refractivity contribution in [2.75, 3.05) is 13.1 Å². The van der Waals surface area contributed by atoms with Gasteiger partial charge in [0.1, 0.15) is 18.4 Å². The average Bonchev–Trinajstić information content (AvgIpc) is 3.49. The minimum absolute atomic E-state index is 0.0235. The zero-order valence-corrected chi connectivity index (χ0v) is 19.7. The number of hydrogen-bond acceptors (Lipinski definition) is 4. The number of piperazine rings is 1. The Labute approximate surface area is 210 Å². The van der Waals surface area contributed by atoms with E-state index in [1.54, 1.807) is 10.6 Å². The van der Waals surface area contributed by atoms with E-state index >= 15 is 4.39 Å². The molecule has 3 aromatic carbocycles. The fraction of sp³-hybridized carbons (Fsp3) is 0.214. The lowest BCUT2D eigenvalue weighted by molar-refractivity contribution is 0.144. The number of nitrogens with one attached hydrogen (secondary N) is 1. The van der Waals surface area contributed by atoms with Gasteiger partial charge in [-0.05, 0) is 30.3 Å². The van der Waals surface area contributed by atoms with Crippen molar-refractivity contribution in [3.05, 3.63) is 100 Å². The smallest absolute Gasteiger partial charge is 0.449 e. The van der Waals surface area contributed by atoms with Crippen molar-refractivity contribution in [1.82, 2.24) is 14.4 Å². The van der Waals surface area contributed by atoms with Gasteiger partial charge in [0.25, 0.3) is 0 Å². The highest BCUT2D eigenvalue weighted by molar-refractivity contribution is 5.86. The van der Waals surface area contributed by atoms with E-state index in [4.69, 9.17) is 9.84 Å². The van der Waals surface area contributed by atoms with Gasteiger partial charge in [0.15, 0.2) is 17.3 Å². The number of aromatic nitrogens is 1. The monoisotopic (exact) mass is 504 g/mol. The van der Waals surface area contributed by atoms with E-state index in [-0.39, 0.29) is 17.5 Å². The van der Waals surface area contributed by atoms with E-state index in [1.165, 1.54) is 36.5 Å². The summed E-state index contributed by atoms with van der Waals surface area (Å²) in [6.07, 6.45) is 0.514. The maximum Gasteiger partial charge on any atom is 0.511 e. The fourth-order valence-electron chi connectivity index (χ4n) is 5.97. The van der Waals surface area contributed by atoms with E-state index in [9.17, 15) is 14.0 Å². The minimum Gasteiger partial charge on any atom is -0.449 e. The van der Waals surface area contributed by atoms with Crippen LogP contribution < -0.4 is 20.0 Å².